The molecule has 82 valence electrons. The highest BCUT2D eigenvalue weighted by atomic mass is 16.4. The number of nitrogens with two attached hydrogens (primary N) is 1. The number of aliphatic carboxylic acids is 1. The van der Waals surface area contributed by atoms with E-state index in [9.17, 15) is 9.90 Å². The van der Waals surface area contributed by atoms with Gasteiger partial charge in [0.15, 0.2) is 0 Å². The lowest BCUT2D eigenvalue weighted by molar-refractivity contribution is -0.139. The summed E-state index contributed by atoms with van der Waals surface area (Å²) in [6, 6.07) is 0. The zero-order chi connectivity index (χ0) is 10.6. The van der Waals surface area contributed by atoms with Crippen LogP contribution >= 0.6 is 0 Å². The molecule has 0 aliphatic carbocycles. The lowest BCUT2D eigenvalue weighted by Gasteiger charge is -2.18. The van der Waals surface area contributed by atoms with Gasteiger partial charge in [0.2, 0.25) is 0 Å². The lowest BCUT2D eigenvalue weighted by Crippen LogP contribution is -2.32. The maximum Gasteiger partial charge on any atom is 0.306 e. The topological polar surface area (TPSA) is 86.8 Å². The Morgan fingerprint density at radius 3 is 2.86 bits per heavy atom. The van der Waals surface area contributed by atoms with Crippen LogP contribution in [0.1, 0.15) is 12.8 Å². The van der Waals surface area contributed by atoms with E-state index in [0.717, 1.165) is 19.5 Å². The maximum atomic E-state index is 10.3. The number of hydrogen-bond donors (Lipinski definition) is 3. The molecule has 4 N–H and O–H groups in total. The van der Waals surface area contributed by atoms with Crippen molar-refractivity contribution in [1.29, 1.82) is 0 Å². The summed E-state index contributed by atoms with van der Waals surface area (Å²) in [5.41, 5.74) is 5.52. The van der Waals surface area contributed by atoms with Crippen LogP contribution in [0, 0.1) is 5.92 Å². The average Bonchev–Trinajstić information content (AvgIpc) is 2.50. The summed E-state index contributed by atoms with van der Waals surface area (Å²) < 4.78 is 0. The quantitative estimate of drug-likeness (QED) is 0.538. The molecule has 0 radical (unpaired) electrons. The summed E-state index contributed by atoms with van der Waals surface area (Å²) in [6.45, 7) is 2.92. The molecule has 14 heavy (non-hydrogen) atoms. The average molecular weight is 202 g/mol. The van der Waals surface area contributed by atoms with Crippen molar-refractivity contribution >= 4 is 5.97 Å². The van der Waals surface area contributed by atoms with Crippen LogP contribution in [-0.4, -0.2) is 53.4 Å². The summed E-state index contributed by atoms with van der Waals surface area (Å²) in [6.07, 6.45) is 0.115. The minimum atomic E-state index is -0.952. The van der Waals surface area contributed by atoms with Crippen LogP contribution in [0.4, 0.5) is 0 Å². The van der Waals surface area contributed by atoms with E-state index in [1.165, 1.54) is 0 Å². The Balaban J connectivity index is 2.21. The van der Waals surface area contributed by atoms with Crippen LogP contribution in [0.25, 0.3) is 0 Å². The first-order valence-corrected chi connectivity index (χ1v) is 4.94. The molecule has 2 atom stereocenters. The standard InChI is InChI=1S/C9H18N2O3/c10-4-7-1-2-11(5-7)6-8(12)3-9(13)14/h7-8,12H,1-6,10H2,(H,13,14). The molecule has 1 saturated heterocycles. The zero-order valence-electron chi connectivity index (χ0n) is 8.22. The molecular weight excluding hydrogens is 184 g/mol. The number of β-amino-alcohol motifs (C(OH)–C–C–N with tert-alkyl or cyclic N) is 1. The fraction of sp³-hybridized carbons (Fsp3) is 0.889. The molecule has 0 bridgehead atoms. The maximum absolute atomic E-state index is 10.3. The van der Waals surface area contributed by atoms with Gasteiger partial charge >= 0.3 is 5.97 Å². The Morgan fingerprint density at radius 2 is 2.36 bits per heavy atom. The second-order valence-electron chi connectivity index (χ2n) is 3.90. The van der Waals surface area contributed by atoms with Crippen molar-refractivity contribution in [2.45, 2.75) is 18.9 Å². The van der Waals surface area contributed by atoms with Gasteiger partial charge in [0.05, 0.1) is 12.5 Å². The van der Waals surface area contributed by atoms with Gasteiger partial charge in [-0.15, -0.1) is 0 Å². The molecule has 0 spiro atoms. The number of aliphatic hydroxyl groups is 1. The summed E-state index contributed by atoms with van der Waals surface area (Å²) >= 11 is 0. The van der Waals surface area contributed by atoms with Crippen molar-refractivity contribution in [3.05, 3.63) is 0 Å². The summed E-state index contributed by atoms with van der Waals surface area (Å²) in [7, 11) is 0. The minimum Gasteiger partial charge on any atom is -0.481 e. The van der Waals surface area contributed by atoms with Gasteiger partial charge in [-0.25, -0.2) is 0 Å². The van der Waals surface area contributed by atoms with Crippen LogP contribution in [0.15, 0.2) is 0 Å². The normalized spacial score (nSPS) is 25.1. The van der Waals surface area contributed by atoms with Gasteiger partial charge in [0.25, 0.3) is 0 Å². The van der Waals surface area contributed by atoms with Crippen LogP contribution in [0.2, 0.25) is 0 Å². The number of aliphatic hydroxyl groups excluding tert-OH is 1. The van der Waals surface area contributed by atoms with E-state index in [-0.39, 0.29) is 6.42 Å². The predicted molar refractivity (Wildman–Crippen MR) is 51.9 cm³/mol. The second-order valence-corrected chi connectivity index (χ2v) is 3.90. The van der Waals surface area contributed by atoms with Gasteiger partial charge in [-0.05, 0) is 25.4 Å². The molecule has 0 aromatic heterocycles. The Bertz CT molecular complexity index is 198. The van der Waals surface area contributed by atoms with E-state index in [4.69, 9.17) is 10.8 Å². The Kier molecular flexibility index (Phi) is 4.31. The summed E-state index contributed by atoms with van der Waals surface area (Å²) in [5, 5.41) is 17.8. The third kappa shape index (κ3) is 3.61. The van der Waals surface area contributed by atoms with Gasteiger partial charge in [-0.1, -0.05) is 0 Å². The monoisotopic (exact) mass is 202 g/mol. The molecule has 1 aliphatic heterocycles. The molecule has 1 aliphatic rings. The molecule has 1 fully saturated rings. The molecule has 2 unspecified atom stereocenters. The van der Waals surface area contributed by atoms with Crippen molar-refractivity contribution in [2.24, 2.45) is 11.7 Å². The van der Waals surface area contributed by atoms with Gasteiger partial charge in [-0.2, -0.15) is 0 Å². The number of carbonyl (C=O) groups is 1. The second kappa shape index (κ2) is 5.29. The number of likely N-dealkylation sites (tertiary alicyclic amines) is 1. The van der Waals surface area contributed by atoms with E-state index in [1.807, 2.05) is 0 Å². The first-order valence-electron chi connectivity index (χ1n) is 4.94. The Labute approximate surface area is 83.5 Å². The Morgan fingerprint density at radius 1 is 1.64 bits per heavy atom. The van der Waals surface area contributed by atoms with Crippen molar-refractivity contribution in [3.63, 3.8) is 0 Å². The summed E-state index contributed by atoms with van der Waals surface area (Å²) in [4.78, 5) is 12.4. The van der Waals surface area contributed by atoms with Gasteiger partial charge in [0, 0.05) is 13.1 Å². The fourth-order valence-corrected chi connectivity index (χ4v) is 1.84. The molecule has 1 heterocycles. The van der Waals surface area contributed by atoms with E-state index < -0.39 is 12.1 Å². The smallest absolute Gasteiger partial charge is 0.306 e. The van der Waals surface area contributed by atoms with Crippen molar-refractivity contribution in [2.75, 3.05) is 26.2 Å². The molecule has 5 nitrogen and oxygen atoms in total. The van der Waals surface area contributed by atoms with E-state index in [1.54, 1.807) is 0 Å². The molecule has 0 amide bonds. The molecule has 0 aromatic carbocycles. The zero-order valence-corrected chi connectivity index (χ0v) is 8.22. The van der Waals surface area contributed by atoms with Gasteiger partial charge < -0.3 is 20.8 Å². The highest BCUT2D eigenvalue weighted by Crippen LogP contribution is 2.15. The minimum absolute atomic E-state index is 0.177. The number of rotatable bonds is 5. The van der Waals surface area contributed by atoms with E-state index in [2.05, 4.69) is 4.90 Å². The molecular formula is C9H18N2O3. The number of carboxylic acid groups (broad SMARTS) is 1. The van der Waals surface area contributed by atoms with Crippen molar-refractivity contribution in [1.82, 2.24) is 4.90 Å². The largest absolute Gasteiger partial charge is 0.481 e. The number of hydrogen-bond acceptors (Lipinski definition) is 4. The fourth-order valence-electron chi connectivity index (χ4n) is 1.84. The molecule has 0 saturated carbocycles. The van der Waals surface area contributed by atoms with Crippen molar-refractivity contribution in [3.8, 4) is 0 Å². The highest BCUT2D eigenvalue weighted by molar-refractivity contribution is 5.67. The predicted octanol–water partition coefficient (Wildman–Crippen LogP) is -0.897. The van der Waals surface area contributed by atoms with Gasteiger partial charge in [-0.3, -0.25) is 4.79 Å². The number of nitrogens with zero attached hydrogens (tertiary/aromatic N) is 1. The van der Waals surface area contributed by atoms with Gasteiger partial charge in [0.1, 0.15) is 0 Å². The van der Waals surface area contributed by atoms with Crippen molar-refractivity contribution < 1.29 is 15.0 Å². The van der Waals surface area contributed by atoms with Crippen LogP contribution in [0.5, 0.6) is 0 Å². The van der Waals surface area contributed by atoms with Crippen LogP contribution < -0.4 is 5.73 Å². The summed E-state index contributed by atoms with van der Waals surface area (Å²) in [5.74, 6) is -0.445. The SMILES string of the molecule is NCC1CCN(CC(O)CC(=O)O)C1. The molecule has 0 aromatic rings. The van der Waals surface area contributed by atoms with Crippen LogP contribution in [0.3, 0.4) is 0 Å². The first-order chi connectivity index (χ1) is 6.61. The third-order valence-corrected chi connectivity index (χ3v) is 2.58. The highest BCUT2D eigenvalue weighted by Gasteiger charge is 2.23. The lowest BCUT2D eigenvalue weighted by atomic mass is 10.1. The van der Waals surface area contributed by atoms with E-state index >= 15 is 0 Å². The van der Waals surface area contributed by atoms with E-state index in [0.29, 0.717) is 19.0 Å². The number of carboxylic acids is 1. The molecule has 5 heteroatoms. The third-order valence-electron chi connectivity index (χ3n) is 2.58. The van der Waals surface area contributed by atoms with Crippen LogP contribution in [-0.2, 0) is 4.79 Å². The molecule has 1 rings (SSSR count). The Hall–Kier alpha value is -0.650. The first kappa shape index (κ1) is 11.4.